The van der Waals surface area contributed by atoms with Gasteiger partial charge in [0.05, 0.1) is 13.2 Å². The van der Waals surface area contributed by atoms with Crippen LogP contribution in [0.3, 0.4) is 0 Å². The summed E-state index contributed by atoms with van der Waals surface area (Å²) < 4.78 is 15.5. The first-order valence-corrected chi connectivity index (χ1v) is 7.85. The van der Waals surface area contributed by atoms with Crippen molar-refractivity contribution < 1.29 is 19.0 Å². The molecule has 0 aromatic heterocycles. The van der Waals surface area contributed by atoms with E-state index in [4.69, 9.17) is 14.2 Å². The maximum atomic E-state index is 11.0. The lowest BCUT2D eigenvalue weighted by molar-refractivity contribution is -0.148. The highest BCUT2D eigenvalue weighted by Gasteiger charge is 2.00. The summed E-state index contributed by atoms with van der Waals surface area (Å²) in [7, 11) is 0. The van der Waals surface area contributed by atoms with Gasteiger partial charge in [0.1, 0.15) is 6.61 Å². The SMILES string of the molecule is CCOC(=O)COCCCCCOCC=Cc1ccccc1. The summed E-state index contributed by atoms with van der Waals surface area (Å²) in [5, 5.41) is 0. The summed E-state index contributed by atoms with van der Waals surface area (Å²) in [6.07, 6.45) is 7.05. The van der Waals surface area contributed by atoms with Gasteiger partial charge in [0.2, 0.25) is 0 Å². The molecular weight excluding hydrogens is 280 g/mol. The van der Waals surface area contributed by atoms with Crippen LogP contribution in [0.4, 0.5) is 0 Å². The van der Waals surface area contributed by atoms with E-state index in [1.54, 1.807) is 6.92 Å². The molecule has 1 aromatic carbocycles. The number of hydrogen-bond donors (Lipinski definition) is 0. The van der Waals surface area contributed by atoms with Crippen LogP contribution in [-0.2, 0) is 19.0 Å². The quantitative estimate of drug-likeness (QED) is 0.438. The van der Waals surface area contributed by atoms with Crippen LogP contribution in [0.5, 0.6) is 0 Å². The molecule has 0 aliphatic rings. The molecule has 0 atom stereocenters. The van der Waals surface area contributed by atoms with Crippen LogP contribution in [0.25, 0.3) is 6.08 Å². The van der Waals surface area contributed by atoms with E-state index in [0.29, 0.717) is 19.8 Å². The molecule has 22 heavy (non-hydrogen) atoms. The van der Waals surface area contributed by atoms with Gasteiger partial charge in [-0.25, -0.2) is 4.79 Å². The van der Waals surface area contributed by atoms with E-state index in [-0.39, 0.29) is 12.6 Å². The normalized spacial score (nSPS) is 11.0. The summed E-state index contributed by atoms with van der Waals surface area (Å²) in [5.41, 5.74) is 1.19. The van der Waals surface area contributed by atoms with Crippen molar-refractivity contribution >= 4 is 12.0 Å². The summed E-state index contributed by atoms with van der Waals surface area (Å²) >= 11 is 0. The summed E-state index contributed by atoms with van der Waals surface area (Å²) in [6.45, 7) is 4.21. The minimum absolute atomic E-state index is 0.0502. The Kier molecular flexibility index (Phi) is 10.9. The molecule has 0 amide bonds. The van der Waals surface area contributed by atoms with Crippen LogP contribution in [-0.4, -0.2) is 39.0 Å². The Morgan fingerprint density at radius 2 is 1.77 bits per heavy atom. The molecule has 0 saturated heterocycles. The second-order valence-electron chi connectivity index (χ2n) is 4.81. The van der Waals surface area contributed by atoms with Crippen molar-refractivity contribution in [2.24, 2.45) is 0 Å². The zero-order valence-electron chi connectivity index (χ0n) is 13.3. The average Bonchev–Trinajstić information content (AvgIpc) is 2.54. The zero-order valence-corrected chi connectivity index (χ0v) is 13.3. The lowest BCUT2D eigenvalue weighted by Gasteiger charge is -2.04. The third-order valence-electron chi connectivity index (χ3n) is 2.93. The van der Waals surface area contributed by atoms with Crippen molar-refractivity contribution in [3.8, 4) is 0 Å². The van der Waals surface area contributed by atoms with Crippen molar-refractivity contribution in [2.45, 2.75) is 26.2 Å². The lowest BCUT2D eigenvalue weighted by Crippen LogP contribution is -2.12. The smallest absolute Gasteiger partial charge is 0.332 e. The van der Waals surface area contributed by atoms with Crippen LogP contribution in [0.2, 0.25) is 0 Å². The van der Waals surface area contributed by atoms with Gasteiger partial charge < -0.3 is 14.2 Å². The number of ether oxygens (including phenoxy) is 3. The Labute approximate surface area is 133 Å². The second kappa shape index (κ2) is 13.0. The first-order valence-electron chi connectivity index (χ1n) is 7.85. The van der Waals surface area contributed by atoms with E-state index in [0.717, 1.165) is 25.9 Å². The molecule has 4 nitrogen and oxygen atoms in total. The molecule has 0 heterocycles. The van der Waals surface area contributed by atoms with Gasteiger partial charge in [-0.2, -0.15) is 0 Å². The molecule has 0 saturated carbocycles. The topological polar surface area (TPSA) is 44.8 Å². The predicted molar refractivity (Wildman–Crippen MR) is 87.6 cm³/mol. The van der Waals surface area contributed by atoms with Gasteiger partial charge >= 0.3 is 5.97 Å². The van der Waals surface area contributed by atoms with Crippen molar-refractivity contribution in [2.75, 3.05) is 33.0 Å². The molecular formula is C18H26O4. The van der Waals surface area contributed by atoms with Gasteiger partial charge in [-0.05, 0) is 31.7 Å². The highest BCUT2D eigenvalue weighted by atomic mass is 16.6. The third-order valence-corrected chi connectivity index (χ3v) is 2.93. The highest BCUT2D eigenvalue weighted by Crippen LogP contribution is 2.01. The van der Waals surface area contributed by atoms with Crippen LogP contribution in [0.15, 0.2) is 36.4 Å². The fourth-order valence-electron chi connectivity index (χ4n) is 1.84. The minimum Gasteiger partial charge on any atom is -0.464 e. The number of unbranched alkanes of at least 4 members (excludes halogenated alkanes) is 2. The van der Waals surface area contributed by atoms with E-state index in [1.807, 2.05) is 24.3 Å². The Balaban J connectivity index is 1.86. The van der Waals surface area contributed by atoms with Crippen molar-refractivity contribution in [1.82, 2.24) is 0 Å². The monoisotopic (exact) mass is 306 g/mol. The van der Waals surface area contributed by atoms with Crippen molar-refractivity contribution in [3.63, 3.8) is 0 Å². The maximum Gasteiger partial charge on any atom is 0.332 e. The summed E-state index contributed by atoms with van der Waals surface area (Å²) in [5.74, 6) is -0.295. The number of hydrogen-bond acceptors (Lipinski definition) is 4. The van der Waals surface area contributed by atoms with Gasteiger partial charge in [-0.1, -0.05) is 42.5 Å². The van der Waals surface area contributed by atoms with E-state index < -0.39 is 0 Å². The molecule has 0 spiro atoms. The minimum atomic E-state index is -0.295. The average molecular weight is 306 g/mol. The molecule has 1 aromatic rings. The zero-order chi connectivity index (χ0) is 15.9. The molecule has 0 N–H and O–H groups in total. The van der Waals surface area contributed by atoms with Gasteiger partial charge in [0, 0.05) is 13.2 Å². The van der Waals surface area contributed by atoms with Crippen LogP contribution in [0, 0.1) is 0 Å². The molecule has 0 unspecified atom stereocenters. The molecule has 0 bridgehead atoms. The Morgan fingerprint density at radius 1 is 1.05 bits per heavy atom. The number of carbonyl (C=O) groups is 1. The first kappa shape index (κ1) is 18.4. The Hall–Kier alpha value is -1.65. The third kappa shape index (κ3) is 10.1. The van der Waals surface area contributed by atoms with E-state index in [2.05, 4.69) is 18.2 Å². The molecule has 122 valence electrons. The second-order valence-corrected chi connectivity index (χ2v) is 4.81. The number of esters is 1. The largest absolute Gasteiger partial charge is 0.464 e. The molecule has 1 rings (SSSR count). The molecule has 0 fully saturated rings. The van der Waals surface area contributed by atoms with Crippen LogP contribution >= 0.6 is 0 Å². The number of benzene rings is 1. The molecule has 4 heteroatoms. The summed E-state index contributed by atoms with van der Waals surface area (Å²) in [6, 6.07) is 10.2. The Morgan fingerprint density at radius 3 is 2.50 bits per heavy atom. The fraction of sp³-hybridized carbons (Fsp3) is 0.500. The Bertz CT molecular complexity index is 414. The maximum absolute atomic E-state index is 11.0. The highest BCUT2D eigenvalue weighted by molar-refractivity contribution is 5.70. The van der Waals surface area contributed by atoms with Crippen LogP contribution in [0.1, 0.15) is 31.7 Å². The van der Waals surface area contributed by atoms with Gasteiger partial charge in [0.25, 0.3) is 0 Å². The lowest BCUT2D eigenvalue weighted by atomic mass is 10.2. The van der Waals surface area contributed by atoms with Crippen LogP contribution < -0.4 is 0 Å². The van der Waals surface area contributed by atoms with E-state index in [1.165, 1.54) is 5.56 Å². The fourth-order valence-corrected chi connectivity index (χ4v) is 1.84. The number of rotatable bonds is 12. The van der Waals surface area contributed by atoms with E-state index in [9.17, 15) is 4.79 Å². The van der Waals surface area contributed by atoms with Gasteiger partial charge in [-0.3, -0.25) is 0 Å². The number of carbonyl (C=O) groups excluding carboxylic acids is 1. The van der Waals surface area contributed by atoms with Crippen molar-refractivity contribution in [1.29, 1.82) is 0 Å². The first-order chi connectivity index (χ1) is 10.8. The van der Waals surface area contributed by atoms with Gasteiger partial charge in [0.15, 0.2) is 0 Å². The molecule has 0 aliphatic carbocycles. The standard InChI is InChI=1S/C18H26O4/c1-2-22-18(19)16-21-14-8-4-7-13-20-15-9-12-17-10-5-3-6-11-17/h3,5-6,9-12H,2,4,7-8,13-16H2,1H3. The molecule has 0 radical (unpaired) electrons. The van der Waals surface area contributed by atoms with Crippen molar-refractivity contribution in [3.05, 3.63) is 42.0 Å². The van der Waals surface area contributed by atoms with E-state index >= 15 is 0 Å². The summed E-state index contributed by atoms with van der Waals surface area (Å²) in [4.78, 5) is 11.0. The van der Waals surface area contributed by atoms with Gasteiger partial charge in [-0.15, -0.1) is 0 Å². The molecule has 0 aliphatic heterocycles. The predicted octanol–water partition coefficient (Wildman–Crippen LogP) is 3.47.